The number of aromatic nitrogens is 1. The number of hydrogen-bond donors (Lipinski definition) is 0. The average Bonchev–Trinajstić information content (AvgIpc) is 2.36. The predicted octanol–water partition coefficient (Wildman–Crippen LogP) is 3.11. The quantitative estimate of drug-likeness (QED) is 0.777. The lowest BCUT2D eigenvalue weighted by Gasteiger charge is -2.17. The molecule has 21 heavy (non-hydrogen) atoms. The van der Waals surface area contributed by atoms with Gasteiger partial charge in [0.15, 0.2) is 0 Å². The third kappa shape index (κ3) is 4.63. The second-order valence-corrected chi connectivity index (χ2v) is 7.72. The van der Waals surface area contributed by atoms with Crippen molar-refractivity contribution in [2.24, 2.45) is 4.36 Å². The highest BCUT2D eigenvalue weighted by atomic mass is 32.2. The van der Waals surface area contributed by atoms with Gasteiger partial charge in [-0.3, -0.25) is 4.98 Å². The monoisotopic (exact) mass is 339 g/mol. The van der Waals surface area contributed by atoms with Crippen molar-refractivity contribution in [3.8, 4) is 0 Å². The summed E-state index contributed by atoms with van der Waals surface area (Å²) in [5.74, 6) is 0. The van der Waals surface area contributed by atoms with Crippen molar-refractivity contribution < 1.29 is 17.4 Å². The molecule has 9 heteroatoms. The zero-order valence-electron chi connectivity index (χ0n) is 12.0. The highest BCUT2D eigenvalue weighted by Gasteiger charge is 2.32. The molecule has 118 valence electrons. The molecule has 0 amide bonds. The second kappa shape index (κ2) is 6.27. The lowest BCUT2D eigenvalue weighted by Crippen LogP contribution is -2.20. The first kappa shape index (κ1) is 17.8. The minimum absolute atomic E-state index is 0.175. The minimum Gasteiger partial charge on any atom is -0.353 e. The molecule has 1 rings (SSSR count). The van der Waals surface area contributed by atoms with Crippen LogP contribution in [0.25, 0.3) is 0 Å². The molecule has 0 aromatic carbocycles. The van der Waals surface area contributed by atoms with Gasteiger partial charge in [0.1, 0.15) is 5.69 Å². The van der Waals surface area contributed by atoms with Gasteiger partial charge in [0, 0.05) is 26.5 Å². The SMILES string of the molecule is CC(c1ccc(C(F)(F)F)nc1)S(C)(=O)=NC(=S)N(C)C. The summed E-state index contributed by atoms with van der Waals surface area (Å²) in [6.45, 7) is 1.62. The van der Waals surface area contributed by atoms with Crippen LogP contribution in [0.3, 0.4) is 0 Å². The van der Waals surface area contributed by atoms with Gasteiger partial charge in [0.25, 0.3) is 0 Å². The normalized spacial score (nSPS) is 16.0. The molecule has 0 radical (unpaired) electrons. The Balaban J connectivity index is 3.11. The summed E-state index contributed by atoms with van der Waals surface area (Å²) in [5, 5.41) is -0.417. The van der Waals surface area contributed by atoms with Crippen LogP contribution in [0.2, 0.25) is 0 Å². The van der Waals surface area contributed by atoms with Crippen molar-refractivity contribution >= 4 is 27.1 Å². The van der Waals surface area contributed by atoms with E-state index in [1.807, 2.05) is 0 Å². The third-order valence-electron chi connectivity index (χ3n) is 2.84. The number of nitrogens with zero attached hydrogens (tertiary/aromatic N) is 3. The summed E-state index contributed by atoms with van der Waals surface area (Å²) in [4.78, 5) is 4.90. The Morgan fingerprint density at radius 3 is 2.38 bits per heavy atom. The highest BCUT2D eigenvalue weighted by Crippen LogP contribution is 2.29. The molecule has 1 heterocycles. The van der Waals surface area contributed by atoms with Gasteiger partial charge in [-0.1, -0.05) is 6.07 Å². The predicted molar refractivity (Wildman–Crippen MR) is 80.4 cm³/mol. The van der Waals surface area contributed by atoms with Crippen LogP contribution in [0.5, 0.6) is 0 Å². The smallest absolute Gasteiger partial charge is 0.353 e. The zero-order chi connectivity index (χ0) is 16.4. The molecule has 0 spiro atoms. The van der Waals surface area contributed by atoms with E-state index < -0.39 is 26.8 Å². The summed E-state index contributed by atoms with van der Waals surface area (Å²) in [5.41, 5.74) is -0.567. The molecule has 0 fully saturated rings. The molecule has 1 aromatic rings. The van der Waals surface area contributed by atoms with Crippen LogP contribution in [0, 0.1) is 0 Å². The summed E-state index contributed by atoms with van der Waals surface area (Å²) >= 11 is 4.98. The van der Waals surface area contributed by atoms with Gasteiger partial charge < -0.3 is 4.90 Å². The molecule has 0 saturated carbocycles. The molecule has 0 saturated heterocycles. The van der Waals surface area contributed by atoms with Crippen molar-refractivity contribution in [3.05, 3.63) is 29.6 Å². The van der Waals surface area contributed by atoms with E-state index in [0.29, 0.717) is 5.56 Å². The van der Waals surface area contributed by atoms with Crippen molar-refractivity contribution in [3.63, 3.8) is 0 Å². The molecule has 2 atom stereocenters. The lowest BCUT2D eigenvalue weighted by atomic mass is 10.2. The maximum absolute atomic E-state index is 12.6. The first-order valence-electron chi connectivity index (χ1n) is 5.90. The summed E-state index contributed by atoms with van der Waals surface area (Å²) in [6, 6.07) is 2.13. The molecule has 0 aliphatic heterocycles. The van der Waals surface area contributed by atoms with Crippen molar-refractivity contribution in [1.29, 1.82) is 0 Å². The van der Waals surface area contributed by atoms with E-state index in [4.69, 9.17) is 12.2 Å². The largest absolute Gasteiger partial charge is 0.433 e. The van der Waals surface area contributed by atoms with Crippen LogP contribution in [0.1, 0.15) is 23.4 Å². The standard InChI is InChI=1S/C12H16F3N3OS2/c1-8(21(4,19)17-11(20)18(2)3)9-5-6-10(16-7-9)12(13,14)15/h5-8H,1-4H3. The Bertz CT molecular complexity index is 632. The number of thiocarbonyl (C=S) groups is 1. The van der Waals surface area contributed by atoms with Crippen LogP contribution >= 0.6 is 12.2 Å². The van der Waals surface area contributed by atoms with E-state index in [9.17, 15) is 17.4 Å². The Labute approximate surface area is 127 Å². The van der Waals surface area contributed by atoms with Gasteiger partial charge in [0.05, 0.1) is 15.0 Å². The first-order valence-corrected chi connectivity index (χ1v) is 8.30. The van der Waals surface area contributed by atoms with Crippen LogP contribution in [-0.2, 0) is 15.9 Å². The molecular formula is C12H16F3N3OS2. The van der Waals surface area contributed by atoms with Crippen LogP contribution in [0.15, 0.2) is 22.7 Å². The van der Waals surface area contributed by atoms with Crippen molar-refractivity contribution in [2.75, 3.05) is 20.4 Å². The molecule has 0 aliphatic rings. The second-order valence-electron chi connectivity index (χ2n) is 4.75. The molecule has 4 nitrogen and oxygen atoms in total. The van der Waals surface area contributed by atoms with E-state index in [0.717, 1.165) is 12.3 Å². The average molecular weight is 339 g/mol. The molecule has 0 aliphatic carbocycles. The maximum atomic E-state index is 12.6. The lowest BCUT2D eigenvalue weighted by molar-refractivity contribution is -0.141. The molecule has 0 N–H and O–H groups in total. The van der Waals surface area contributed by atoms with E-state index in [1.54, 1.807) is 21.0 Å². The van der Waals surface area contributed by atoms with E-state index in [-0.39, 0.29) is 5.11 Å². The first-order chi connectivity index (χ1) is 9.45. The highest BCUT2D eigenvalue weighted by molar-refractivity contribution is 7.94. The van der Waals surface area contributed by atoms with Crippen LogP contribution < -0.4 is 0 Å². The van der Waals surface area contributed by atoms with Gasteiger partial charge in [-0.2, -0.15) is 17.5 Å². The number of alkyl halides is 3. The van der Waals surface area contributed by atoms with Crippen LogP contribution in [-0.4, -0.2) is 39.6 Å². The number of pyridine rings is 1. The van der Waals surface area contributed by atoms with E-state index in [2.05, 4.69) is 9.35 Å². The maximum Gasteiger partial charge on any atom is 0.433 e. The fourth-order valence-corrected chi connectivity index (χ4v) is 3.10. The third-order valence-corrected chi connectivity index (χ3v) is 5.54. The van der Waals surface area contributed by atoms with Crippen molar-refractivity contribution in [2.45, 2.75) is 18.3 Å². The van der Waals surface area contributed by atoms with Gasteiger partial charge in [-0.25, -0.2) is 4.21 Å². The van der Waals surface area contributed by atoms with Gasteiger partial charge in [0.2, 0.25) is 5.11 Å². The fraction of sp³-hybridized carbons (Fsp3) is 0.500. The minimum atomic E-state index is -4.49. The van der Waals surface area contributed by atoms with Crippen molar-refractivity contribution in [1.82, 2.24) is 9.88 Å². The number of hydrogen-bond acceptors (Lipinski definition) is 3. The van der Waals surface area contributed by atoms with E-state index in [1.165, 1.54) is 17.2 Å². The fourth-order valence-electron chi connectivity index (χ4n) is 1.38. The van der Waals surface area contributed by atoms with Crippen LogP contribution in [0.4, 0.5) is 13.2 Å². The van der Waals surface area contributed by atoms with Gasteiger partial charge in [-0.05, 0) is 30.8 Å². The molecule has 1 aromatic heterocycles. The molecular weight excluding hydrogens is 323 g/mol. The summed E-state index contributed by atoms with van der Waals surface area (Å²) in [6.07, 6.45) is -2.00. The Morgan fingerprint density at radius 2 is 2.00 bits per heavy atom. The number of rotatable bonds is 2. The topological polar surface area (TPSA) is 45.6 Å². The summed E-state index contributed by atoms with van der Waals surface area (Å²) in [7, 11) is 0.610. The van der Waals surface area contributed by atoms with Gasteiger partial charge >= 0.3 is 6.18 Å². The summed E-state index contributed by atoms with van der Waals surface area (Å²) < 4.78 is 53.9. The zero-order valence-corrected chi connectivity index (χ0v) is 13.6. The van der Waals surface area contributed by atoms with E-state index >= 15 is 0 Å². The Hall–Kier alpha value is -1.22. The number of halogens is 3. The molecule has 0 bridgehead atoms. The molecule has 2 unspecified atom stereocenters. The Morgan fingerprint density at radius 1 is 1.43 bits per heavy atom. The Kier molecular flexibility index (Phi) is 5.32. The van der Waals surface area contributed by atoms with Gasteiger partial charge in [-0.15, -0.1) is 0 Å².